The highest BCUT2D eigenvalue weighted by Crippen LogP contribution is 2.32. The number of nitrogens with zero attached hydrogens (tertiary/aromatic N) is 3. The van der Waals surface area contributed by atoms with Gasteiger partial charge in [-0.05, 0) is 74.4 Å². The minimum Gasteiger partial charge on any atom is -0.455 e. The molecule has 2 N–H and O–H groups in total. The second-order valence-corrected chi connectivity index (χ2v) is 8.99. The summed E-state index contributed by atoms with van der Waals surface area (Å²) in [4.78, 5) is 13.1. The lowest BCUT2D eigenvalue weighted by Crippen LogP contribution is -2.14. The van der Waals surface area contributed by atoms with Gasteiger partial charge in [-0.25, -0.2) is 0 Å². The smallest absolute Gasteiger partial charge is 0.416 e. The third-order valence-electron chi connectivity index (χ3n) is 6.20. The molecular weight excluding hydrogens is 507 g/mol. The van der Waals surface area contributed by atoms with Crippen molar-refractivity contribution >= 4 is 34.4 Å². The number of rotatable bonds is 6. The van der Waals surface area contributed by atoms with E-state index in [4.69, 9.17) is 4.42 Å². The number of halogens is 3. The summed E-state index contributed by atoms with van der Waals surface area (Å²) in [6.07, 6.45) is -2.48. The first-order chi connectivity index (χ1) is 18.8. The number of fused-ring (bicyclic) bond motifs is 1. The van der Waals surface area contributed by atoms with E-state index in [0.29, 0.717) is 46.8 Å². The van der Waals surface area contributed by atoms with Crippen LogP contribution in [0.5, 0.6) is 0 Å². The van der Waals surface area contributed by atoms with Gasteiger partial charge >= 0.3 is 6.18 Å². The maximum Gasteiger partial charge on any atom is 0.416 e. The van der Waals surface area contributed by atoms with Gasteiger partial charge < -0.3 is 9.73 Å². The fraction of sp³-hybridized carbons (Fsp3) is 0.172. The summed E-state index contributed by atoms with van der Waals surface area (Å²) in [5, 5.41) is 15.6. The van der Waals surface area contributed by atoms with Crippen molar-refractivity contribution in [2.45, 2.75) is 32.4 Å². The van der Waals surface area contributed by atoms with Crippen LogP contribution >= 0.6 is 0 Å². The Balaban J connectivity index is 1.30. The van der Waals surface area contributed by atoms with Gasteiger partial charge in [0, 0.05) is 23.2 Å². The number of benzene rings is 3. The molecule has 0 bridgehead atoms. The van der Waals surface area contributed by atoms with E-state index >= 15 is 0 Å². The zero-order valence-corrected chi connectivity index (χ0v) is 20.9. The molecule has 0 aliphatic heterocycles. The Kier molecular flexibility index (Phi) is 7.27. The van der Waals surface area contributed by atoms with Crippen LogP contribution in [0, 0.1) is 6.92 Å². The SMILES string of the molecule is Cc1c(C(=O)Nc2ccc(N=Nc3ccccc3)cc2)oc2c1C(=NNc1cccc(C(F)(F)F)c1)CCC2. The van der Waals surface area contributed by atoms with Crippen LogP contribution in [0.1, 0.15) is 45.8 Å². The molecule has 39 heavy (non-hydrogen) atoms. The minimum atomic E-state index is -4.45. The maximum atomic E-state index is 13.1. The molecule has 1 aromatic heterocycles. The van der Waals surface area contributed by atoms with E-state index in [1.165, 1.54) is 12.1 Å². The van der Waals surface area contributed by atoms with Gasteiger partial charge in [0.1, 0.15) is 5.76 Å². The molecule has 0 saturated heterocycles. The topological polar surface area (TPSA) is 91.4 Å². The molecule has 1 amide bonds. The van der Waals surface area contributed by atoms with E-state index in [2.05, 4.69) is 26.1 Å². The third kappa shape index (κ3) is 6.06. The number of nitrogens with one attached hydrogen (secondary N) is 2. The van der Waals surface area contributed by atoms with Crippen molar-refractivity contribution in [1.82, 2.24) is 0 Å². The summed E-state index contributed by atoms with van der Waals surface area (Å²) in [5.74, 6) is 0.387. The van der Waals surface area contributed by atoms with E-state index in [-0.39, 0.29) is 11.4 Å². The average molecular weight is 532 g/mol. The average Bonchev–Trinajstić information content (AvgIpc) is 3.29. The van der Waals surface area contributed by atoms with Crippen LogP contribution in [0.3, 0.4) is 0 Å². The van der Waals surface area contributed by atoms with Crippen molar-refractivity contribution < 1.29 is 22.4 Å². The molecular formula is C29H24F3N5O2. The standard InChI is InChI=1S/C29H24F3N5O2/c1-18-26-24(37-36-23-10-5-7-19(17-23)29(30,31)32)11-6-12-25(26)39-27(18)28(38)33-20-13-15-22(16-14-20)35-34-21-8-3-2-4-9-21/h2-5,7-10,13-17,36H,6,11-12H2,1H3,(H,33,38). The zero-order chi connectivity index (χ0) is 27.4. The van der Waals surface area contributed by atoms with Gasteiger partial charge in [-0.1, -0.05) is 24.3 Å². The number of carbonyl (C=O) groups is 1. The molecule has 0 radical (unpaired) electrons. The van der Waals surface area contributed by atoms with Gasteiger partial charge in [-0.3, -0.25) is 10.2 Å². The highest BCUT2D eigenvalue weighted by atomic mass is 19.4. The van der Waals surface area contributed by atoms with E-state index in [9.17, 15) is 18.0 Å². The van der Waals surface area contributed by atoms with Crippen molar-refractivity contribution in [3.8, 4) is 0 Å². The maximum absolute atomic E-state index is 13.1. The Labute approximate surface area is 222 Å². The summed E-state index contributed by atoms with van der Waals surface area (Å²) < 4.78 is 45.1. The van der Waals surface area contributed by atoms with Gasteiger partial charge in [0.05, 0.1) is 28.3 Å². The summed E-state index contributed by atoms with van der Waals surface area (Å²) in [6.45, 7) is 1.77. The number of furan rings is 1. The summed E-state index contributed by atoms with van der Waals surface area (Å²) in [7, 11) is 0. The van der Waals surface area contributed by atoms with Crippen LogP contribution in [0.2, 0.25) is 0 Å². The second kappa shape index (κ2) is 10.9. The van der Waals surface area contributed by atoms with E-state index < -0.39 is 17.6 Å². The first-order valence-electron chi connectivity index (χ1n) is 12.3. The van der Waals surface area contributed by atoms with Gasteiger partial charge in [-0.15, -0.1) is 0 Å². The lowest BCUT2D eigenvalue weighted by Gasteiger charge is -2.14. The van der Waals surface area contributed by atoms with Crippen LogP contribution in [0.15, 0.2) is 98.6 Å². The number of hydrazone groups is 1. The molecule has 4 aromatic rings. The number of carbonyl (C=O) groups excluding carboxylic acids is 1. The van der Waals surface area contributed by atoms with Crippen LogP contribution in [0.4, 0.5) is 35.9 Å². The van der Waals surface area contributed by atoms with Crippen LogP contribution < -0.4 is 10.7 Å². The molecule has 0 spiro atoms. The highest BCUT2D eigenvalue weighted by Gasteiger charge is 2.31. The number of hydrogen-bond acceptors (Lipinski definition) is 6. The Morgan fingerprint density at radius 2 is 1.59 bits per heavy atom. The Hall–Kier alpha value is -4.73. The lowest BCUT2D eigenvalue weighted by atomic mass is 9.93. The van der Waals surface area contributed by atoms with Crippen LogP contribution in [-0.4, -0.2) is 11.6 Å². The quantitative estimate of drug-likeness (QED) is 0.193. The van der Waals surface area contributed by atoms with E-state index in [0.717, 1.165) is 24.2 Å². The molecule has 1 heterocycles. The zero-order valence-electron chi connectivity index (χ0n) is 20.9. The Morgan fingerprint density at radius 3 is 2.31 bits per heavy atom. The molecule has 10 heteroatoms. The van der Waals surface area contributed by atoms with Crippen molar-refractivity contribution in [1.29, 1.82) is 0 Å². The first kappa shape index (κ1) is 25.9. The number of alkyl halides is 3. The lowest BCUT2D eigenvalue weighted by molar-refractivity contribution is -0.137. The molecule has 0 fully saturated rings. The number of aryl methyl sites for hydroxylation is 1. The normalized spacial score (nSPS) is 14.4. The predicted octanol–water partition coefficient (Wildman–Crippen LogP) is 8.43. The molecule has 0 unspecified atom stereocenters. The molecule has 1 aliphatic carbocycles. The van der Waals surface area contributed by atoms with Crippen molar-refractivity contribution in [2.75, 3.05) is 10.7 Å². The van der Waals surface area contributed by atoms with Gasteiger partial charge in [0.25, 0.3) is 5.91 Å². The predicted molar refractivity (Wildman–Crippen MR) is 143 cm³/mol. The molecule has 3 aromatic carbocycles. The van der Waals surface area contributed by atoms with Crippen LogP contribution in [0.25, 0.3) is 0 Å². The van der Waals surface area contributed by atoms with Crippen molar-refractivity contribution in [3.05, 3.63) is 107 Å². The van der Waals surface area contributed by atoms with Gasteiger partial charge in [0.15, 0.2) is 5.76 Å². The fourth-order valence-electron chi connectivity index (χ4n) is 4.30. The van der Waals surface area contributed by atoms with Gasteiger partial charge in [0.2, 0.25) is 0 Å². The molecule has 1 aliphatic rings. The molecule has 5 rings (SSSR count). The first-order valence-corrected chi connectivity index (χ1v) is 12.3. The number of amides is 1. The summed E-state index contributed by atoms with van der Waals surface area (Å²) >= 11 is 0. The summed E-state index contributed by atoms with van der Waals surface area (Å²) in [5.41, 5.74) is 6.08. The highest BCUT2D eigenvalue weighted by molar-refractivity contribution is 6.09. The minimum absolute atomic E-state index is 0.168. The van der Waals surface area contributed by atoms with E-state index in [1.54, 1.807) is 31.2 Å². The number of hydrogen-bond donors (Lipinski definition) is 2. The molecule has 198 valence electrons. The second-order valence-electron chi connectivity index (χ2n) is 8.99. The molecule has 0 atom stereocenters. The molecule has 0 saturated carbocycles. The summed E-state index contributed by atoms with van der Waals surface area (Å²) in [6, 6.07) is 21.1. The van der Waals surface area contributed by atoms with Crippen molar-refractivity contribution in [2.24, 2.45) is 15.3 Å². The number of azo groups is 1. The molecule has 7 nitrogen and oxygen atoms in total. The monoisotopic (exact) mass is 531 g/mol. The third-order valence-corrected chi connectivity index (χ3v) is 6.20. The van der Waals surface area contributed by atoms with Gasteiger partial charge in [-0.2, -0.15) is 28.5 Å². The Bertz CT molecular complexity index is 1540. The number of anilines is 2. The van der Waals surface area contributed by atoms with Crippen molar-refractivity contribution in [3.63, 3.8) is 0 Å². The largest absolute Gasteiger partial charge is 0.455 e. The fourth-order valence-corrected chi connectivity index (χ4v) is 4.30. The van der Waals surface area contributed by atoms with Crippen LogP contribution in [-0.2, 0) is 12.6 Å². The van der Waals surface area contributed by atoms with E-state index in [1.807, 2.05) is 30.3 Å². The Morgan fingerprint density at radius 1 is 0.872 bits per heavy atom.